The van der Waals surface area contributed by atoms with Crippen LogP contribution >= 0.6 is 35.0 Å². The lowest BCUT2D eigenvalue weighted by atomic mass is 10.5. The SMILES string of the molecule is O=C(O)CSCC(=O)Nc1c(Cl)ncnc1Cl. The number of hydrogen-bond donors (Lipinski definition) is 2. The van der Waals surface area contributed by atoms with Crippen LogP contribution in [0.1, 0.15) is 0 Å². The van der Waals surface area contributed by atoms with E-state index in [0.29, 0.717) is 0 Å². The van der Waals surface area contributed by atoms with Gasteiger partial charge in [0.2, 0.25) is 5.91 Å². The number of nitrogens with zero attached hydrogens (tertiary/aromatic N) is 2. The Labute approximate surface area is 111 Å². The van der Waals surface area contributed by atoms with Crippen molar-refractivity contribution < 1.29 is 14.7 Å². The number of carboxylic acids is 1. The lowest BCUT2D eigenvalue weighted by Crippen LogP contribution is -2.16. The van der Waals surface area contributed by atoms with Crippen molar-refractivity contribution >= 4 is 52.5 Å². The molecule has 1 aromatic heterocycles. The van der Waals surface area contributed by atoms with Crippen LogP contribution in [0.2, 0.25) is 10.3 Å². The minimum absolute atomic E-state index is 0.0200. The third-order valence-electron chi connectivity index (χ3n) is 1.48. The summed E-state index contributed by atoms with van der Waals surface area (Å²) in [4.78, 5) is 28.9. The Morgan fingerprint density at radius 1 is 1.29 bits per heavy atom. The highest BCUT2D eigenvalue weighted by Crippen LogP contribution is 2.25. The number of anilines is 1. The molecule has 1 amide bonds. The maximum Gasteiger partial charge on any atom is 0.313 e. The molecule has 6 nitrogen and oxygen atoms in total. The van der Waals surface area contributed by atoms with E-state index in [4.69, 9.17) is 28.3 Å². The molecule has 0 bridgehead atoms. The number of rotatable bonds is 5. The van der Waals surface area contributed by atoms with Gasteiger partial charge in [0.25, 0.3) is 0 Å². The van der Waals surface area contributed by atoms with Crippen LogP contribution in [-0.2, 0) is 9.59 Å². The Balaban J connectivity index is 2.53. The number of carboxylic acid groups (broad SMARTS) is 1. The van der Waals surface area contributed by atoms with Crippen molar-refractivity contribution in [1.29, 1.82) is 0 Å². The van der Waals surface area contributed by atoms with Gasteiger partial charge in [0.05, 0.1) is 11.5 Å². The molecule has 9 heteroatoms. The molecule has 2 N–H and O–H groups in total. The molecular weight excluding hydrogens is 289 g/mol. The van der Waals surface area contributed by atoms with Crippen molar-refractivity contribution in [3.8, 4) is 0 Å². The fraction of sp³-hybridized carbons (Fsp3) is 0.250. The van der Waals surface area contributed by atoms with Crippen LogP contribution in [0.3, 0.4) is 0 Å². The number of nitrogens with one attached hydrogen (secondary N) is 1. The number of halogens is 2. The fourth-order valence-electron chi connectivity index (χ4n) is 0.854. The number of carbonyl (C=O) groups excluding carboxylic acids is 1. The van der Waals surface area contributed by atoms with Gasteiger partial charge in [-0.1, -0.05) is 23.2 Å². The second-order valence-electron chi connectivity index (χ2n) is 2.77. The highest BCUT2D eigenvalue weighted by atomic mass is 35.5. The quantitative estimate of drug-likeness (QED) is 0.801. The van der Waals surface area contributed by atoms with Crippen LogP contribution in [0.25, 0.3) is 0 Å². The van der Waals surface area contributed by atoms with E-state index in [1.165, 1.54) is 6.33 Å². The van der Waals surface area contributed by atoms with Crippen LogP contribution in [-0.4, -0.2) is 38.5 Å². The lowest BCUT2D eigenvalue weighted by molar-refractivity contribution is -0.133. The summed E-state index contributed by atoms with van der Waals surface area (Å²) in [6, 6.07) is 0. The first kappa shape index (κ1) is 14.0. The van der Waals surface area contributed by atoms with E-state index in [2.05, 4.69) is 15.3 Å². The molecule has 1 aromatic rings. The molecule has 0 aliphatic rings. The van der Waals surface area contributed by atoms with E-state index < -0.39 is 11.9 Å². The molecule has 0 spiro atoms. The van der Waals surface area contributed by atoms with Crippen LogP contribution in [0.5, 0.6) is 0 Å². The van der Waals surface area contributed by atoms with Gasteiger partial charge in [-0.05, 0) is 0 Å². The Kier molecular flexibility index (Phi) is 5.46. The van der Waals surface area contributed by atoms with E-state index in [1.807, 2.05) is 0 Å². The second kappa shape index (κ2) is 6.63. The Morgan fingerprint density at radius 3 is 2.41 bits per heavy atom. The summed E-state index contributed by atoms with van der Waals surface area (Å²) in [7, 11) is 0. The van der Waals surface area contributed by atoms with Crippen LogP contribution in [0, 0.1) is 0 Å². The fourth-order valence-corrected chi connectivity index (χ4v) is 1.80. The largest absolute Gasteiger partial charge is 0.481 e. The van der Waals surface area contributed by atoms with Crippen LogP contribution in [0.4, 0.5) is 5.69 Å². The van der Waals surface area contributed by atoms with Crippen LogP contribution < -0.4 is 5.32 Å². The van der Waals surface area contributed by atoms with Gasteiger partial charge in [-0.15, -0.1) is 11.8 Å². The normalized spacial score (nSPS) is 10.0. The zero-order valence-electron chi connectivity index (χ0n) is 8.31. The molecule has 0 aliphatic carbocycles. The predicted octanol–water partition coefficient (Wildman–Crippen LogP) is 1.54. The Morgan fingerprint density at radius 2 is 1.88 bits per heavy atom. The molecule has 0 aliphatic heterocycles. The summed E-state index contributed by atoms with van der Waals surface area (Å²) in [5.41, 5.74) is 0.122. The predicted molar refractivity (Wildman–Crippen MR) is 65.6 cm³/mol. The number of aliphatic carboxylic acids is 1. The molecule has 92 valence electrons. The standard InChI is InChI=1S/C8H7Cl2N3O3S/c9-7-6(8(10)12-3-11-7)13-4(14)1-17-2-5(15)16/h3H,1-2H2,(H,13,14)(H,15,16). The minimum atomic E-state index is -0.984. The average molecular weight is 296 g/mol. The van der Waals surface area contributed by atoms with Gasteiger partial charge in [-0.3, -0.25) is 9.59 Å². The molecule has 1 rings (SSSR count). The summed E-state index contributed by atoms with van der Waals surface area (Å²) >= 11 is 12.4. The molecule has 17 heavy (non-hydrogen) atoms. The van der Waals surface area contributed by atoms with Crippen molar-refractivity contribution in [3.63, 3.8) is 0 Å². The van der Waals surface area contributed by atoms with E-state index in [0.717, 1.165) is 11.8 Å². The van der Waals surface area contributed by atoms with Crippen molar-refractivity contribution in [1.82, 2.24) is 9.97 Å². The first-order valence-corrected chi connectivity index (χ1v) is 6.17. The number of thioether (sulfide) groups is 1. The summed E-state index contributed by atoms with van der Waals surface area (Å²) in [5, 5.41) is 10.9. The molecule has 0 saturated carbocycles. The summed E-state index contributed by atoms with van der Waals surface area (Å²) < 4.78 is 0. The monoisotopic (exact) mass is 295 g/mol. The smallest absolute Gasteiger partial charge is 0.313 e. The third-order valence-corrected chi connectivity index (χ3v) is 2.97. The van der Waals surface area contributed by atoms with E-state index >= 15 is 0 Å². The first-order chi connectivity index (χ1) is 8.00. The molecule has 0 unspecified atom stereocenters. The van der Waals surface area contributed by atoms with Gasteiger partial charge in [-0.2, -0.15) is 0 Å². The summed E-state index contributed by atoms with van der Waals surface area (Å²) in [5.74, 6) is -1.58. The van der Waals surface area contributed by atoms with Gasteiger partial charge in [0.1, 0.15) is 12.0 Å². The molecule has 0 saturated heterocycles. The van der Waals surface area contributed by atoms with Gasteiger partial charge in [0, 0.05) is 0 Å². The Bertz CT molecular complexity index is 424. The van der Waals surface area contributed by atoms with Gasteiger partial charge < -0.3 is 10.4 Å². The topological polar surface area (TPSA) is 92.2 Å². The zero-order valence-corrected chi connectivity index (χ0v) is 10.6. The van der Waals surface area contributed by atoms with Crippen molar-refractivity contribution in [2.24, 2.45) is 0 Å². The molecule has 0 radical (unpaired) electrons. The number of amides is 1. The molecule has 0 fully saturated rings. The number of hydrogen-bond acceptors (Lipinski definition) is 5. The number of carbonyl (C=O) groups is 2. The van der Waals surface area contributed by atoms with Crippen molar-refractivity contribution in [3.05, 3.63) is 16.6 Å². The maximum atomic E-state index is 11.4. The molecule has 0 aromatic carbocycles. The molecular formula is C8H7Cl2N3O3S. The van der Waals surface area contributed by atoms with Gasteiger partial charge in [0.15, 0.2) is 10.3 Å². The Hall–Kier alpha value is -1.05. The van der Waals surface area contributed by atoms with E-state index in [9.17, 15) is 9.59 Å². The summed E-state index contributed by atoms with van der Waals surface area (Å²) in [6.07, 6.45) is 1.17. The van der Waals surface area contributed by atoms with Crippen LogP contribution in [0.15, 0.2) is 6.33 Å². The number of aromatic nitrogens is 2. The minimum Gasteiger partial charge on any atom is -0.481 e. The highest BCUT2D eigenvalue weighted by molar-refractivity contribution is 8.00. The lowest BCUT2D eigenvalue weighted by Gasteiger charge is -2.06. The second-order valence-corrected chi connectivity index (χ2v) is 4.47. The van der Waals surface area contributed by atoms with E-state index in [1.54, 1.807) is 0 Å². The zero-order chi connectivity index (χ0) is 12.8. The van der Waals surface area contributed by atoms with Gasteiger partial charge >= 0.3 is 5.97 Å². The van der Waals surface area contributed by atoms with Gasteiger partial charge in [-0.25, -0.2) is 9.97 Å². The highest BCUT2D eigenvalue weighted by Gasteiger charge is 2.12. The summed E-state index contributed by atoms with van der Waals surface area (Å²) in [6.45, 7) is 0. The van der Waals surface area contributed by atoms with Crippen molar-refractivity contribution in [2.75, 3.05) is 16.8 Å². The van der Waals surface area contributed by atoms with Crippen molar-refractivity contribution in [2.45, 2.75) is 0 Å². The van der Waals surface area contributed by atoms with E-state index in [-0.39, 0.29) is 27.5 Å². The average Bonchev–Trinajstić information content (AvgIpc) is 2.23. The first-order valence-electron chi connectivity index (χ1n) is 4.26. The molecule has 1 heterocycles. The maximum absolute atomic E-state index is 11.4. The molecule has 0 atom stereocenters. The third kappa shape index (κ3) is 4.76.